The first kappa shape index (κ1) is 17.0. The van der Waals surface area contributed by atoms with Gasteiger partial charge in [0.25, 0.3) is 5.91 Å². The van der Waals surface area contributed by atoms with Crippen LogP contribution in [0.3, 0.4) is 0 Å². The van der Waals surface area contributed by atoms with Crippen LogP contribution < -0.4 is 5.32 Å². The second kappa shape index (κ2) is 7.77. The zero-order valence-electron chi connectivity index (χ0n) is 13.5. The van der Waals surface area contributed by atoms with Gasteiger partial charge in [0.1, 0.15) is 0 Å². The molecular weight excluding hydrogens is 292 g/mol. The van der Waals surface area contributed by atoms with Crippen LogP contribution in [0.25, 0.3) is 0 Å². The maximum atomic E-state index is 12.2. The highest BCUT2D eigenvalue weighted by Gasteiger charge is 2.26. The average Bonchev–Trinajstić information content (AvgIpc) is 2.56. The normalized spacial score (nSPS) is 21.8. The van der Waals surface area contributed by atoms with Crippen molar-refractivity contribution in [1.82, 2.24) is 5.32 Å². The molecule has 122 valence electrons. The van der Waals surface area contributed by atoms with Gasteiger partial charge in [0, 0.05) is 6.04 Å². The van der Waals surface area contributed by atoms with Crippen molar-refractivity contribution in [2.24, 2.45) is 5.92 Å². The summed E-state index contributed by atoms with van der Waals surface area (Å²) < 4.78 is 5.21. The Kier molecular flexibility index (Phi) is 5.75. The standard InChI is InChI=1S/C18H22N2O3/c1-12-5-3-4-6-16(12)20-17(21)13(2)23-18(22)15-9-7-14(11-19)8-10-15/h7-10,12-13,16H,3-6H2,1-2H3,(H,20,21)/t12-,13+,16-/m0/s1. The summed E-state index contributed by atoms with van der Waals surface area (Å²) in [7, 11) is 0. The van der Waals surface area contributed by atoms with Crippen molar-refractivity contribution in [2.75, 3.05) is 0 Å². The summed E-state index contributed by atoms with van der Waals surface area (Å²) in [4.78, 5) is 24.2. The Morgan fingerprint density at radius 3 is 2.52 bits per heavy atom. The molecule has 0 heterocycles. The maximum absolute atomic E-state index is 12.2. The molecule has 1 aromatic rings. The van der Waals surface area contributed by atoms with E-state index in [9.17, 15) is 9.59 Å². The van der Waals surface area contributed by atoms with E-state index in [0.29, 0.717) is 17.0 Å². The molecule has 0 aromatic heterocycles. The SMILES string of the molecule is C[C@@H](OC(=O)c1ccc(C#N)cc1)C(=O)N[C@H]1CCCC[C@@H]1C. The molecule has 23 heavy (non-hydrogen) atoms. The van der Waals surface area contributed by atoms with E-state index >= 15 is 0 Å². The van der Waals surface area contributed by atoms with E-state index in [1.165, 1.54) is 18.6 Å². The smallest absolute Gasteiger partial charge is 0.338 e. The fourth-order valence-corrected chi connectivity index (χ4v) is 2.79. The Labute approximate surface area is 136 Å². The number of nitriles is 1. The molecule has 0 saturated heterocycles. The lowest BCUT2D eigenvalue weighted by atomic mass is 9.86. The molecule has 0 radical (unpaired) electrons. The monoisotopic (exact) mass is 314 g/mol. The van der Waals surface area contributed by atoms with Gasteiger partial charge in [-0.25, -0.2) is 4.79 Å². The zero-order valence-corrected chi connectivity index (χ0v) is 13.5. The van der Waals surface area contributed by atoms with Crippen molar-refractivity contribution in [3.63, 3.8) is 0 Å². The molecule has 1 aliphatic rings. The van der Waals surface area contributed by atoms with Crippen molar-refractivity contribution in [3.8, 4) is 6.07 Å². The van der Waals surface area contributed by atoms with E-state index in [-0.39, 0.29) is 11.9 Å². The molecule has 1 fully saturated rings. The van der Waals surface area contributed by atoms with E-state index in [4.69, 9.17) is 10.00 Å². The van der Waals surface area contributed by atoms with Crippen LogP contribution in [0.1, 0.15) is 55.5 Å². The lowest BCUT2D eigenvalue weighted by molar-refractivity contribution is -0.130. The number of ether oxygens (including phenoxy) is 1. The minimum Gasteiger partial charge on any atom is -0.449 e. The van der Waals surface area contributed by atoms with Gasteiger partial charge in [-0.3, -0.25) is 4.79 Å². The second-order valence-corrected chi connectivity index (χ2v) is 6.11. The highest BCUT2D eigenvalue weighted by Crippen LogP contribution is 2.23. The third-order valence-corrected chi connectivity index (χ3v) is 4.34. The topological polar surface area (TPSA) is 79.2 Å². The molecule has 5 heteroatoms. The van der Waals surface area contributed by atoms with Crippen LogP contribution >= 0.6 is 0 Å². The van der Waals surface area contributed by atoms with E-state index < -0.39 is 12.1 Å². The maximum Gasteiger partial charge on any atom is 0.338 e. The molecule has 2 rings (SSSR count). The van der Waals surface area contributed by atoms with Gasteiger partial charge in [0.15, 0.2) is 6.10 Å². The van der Waals surface area contributed by atoms with Crippen molar-refractivity contribution >= 4 is 11.9 Å². The molecule has 1 aromatic carbocycles. The van der Waals surface area contributed by atoms with Crippen LogP contribution in [0.4, 0.5) is 0 Å². The molecule has 1 aliphatic carbocycles. The summed E-state index contributed by atoms with van der Waals surface area (Å²) in [5.74, 6) is -0.367. The number of hydrogen-bond donors (Lipinski definition) is 1. The predicted octanol–water partition coefficient (Wildman–Crippen LogP) is 2.80. The van der Waals surface area contributed by atoms with Crippen LogP contribution in [0, 0.1) is 17.2 Å². The Hall–Kier alpha value is -2.35. The number of esters is 1. The zero-order chi connectivity index (χ0) is 16.8. The van der Waals surface area contributed by atoms with Gasteiger partial charge in [0.05, 0.1) is 17.2 Å². The van der Waals surface area contributed by atoms with Gasteiger partial charge in [-0.15, -0.1) is 0 Å². The summed E-state index contributed by atoms with van der Waals surface area (Å²) in [6, 6.07) is 8.28. The van der Waals surface area contributed by atoms with E-state index in [2.05, 4.69) is 12.2 Å². The quantitative estimate of drug-likeness (QED) is 0.867. The molecule has 0 unspecified atom stereocenters. The molecule has 0 bridgehead atoms. The molecular formula is C18H22N2O3. The highest BCUT2D eigenvalue weighted by molar-refractivity contribution is 5.92. The van der Waals surface area contributed by atoms with Crippen molar-refractivity contribution in [2.45, 2.75) is 51.7 Å². The number of hydrogen-bond acceptors (Lipinski definition) is 4. The van der Waals surface area contributed by atoms with Crippen LogP contribution in [0.2, 0.25) is 0 Å². The minimum atomic E-state index is -0.840. The van der Waals surface area contributed by atoms with E-state index in [1.54, 1.807) is 19.1 Å². The van der Waals surface area contributed by atoms with Gasteiger partial charge >= 0.3 is 5.97 Å². The lowest BCUT2D eigenvalue weighted by Gasteiger charge is -2.30. The first-order valence-electron chi connectivity index (χ1n) is 8.02. The lowest BCUT2D eigenvalue weighted by Crippen LogP contribution is -2.45. The van der Waals surface area contributed by atoms with Gasteiger partial charge in [-0.2, -0.15) is 5.26 Å². The third kappa shape index (κ3) is 4.56. The first-order chi connectivity index (χ1) is 11.0. The fourth-order valence-electron chi connectivity index (χ4n) is 2.79. The Bertz CT molecular complexity index is 604. The van der Waals surface area contributed by atoms with E-state index in [0.717, 1.165) is 19.3 Å². The van der Waals surface area contributed by atoms with Gasteiger partial charge in [-0.1, -0.05) is 19.8 Å². The second-order valence-electron chi connectivity index (χ2n) is 6.11. The number of nitrogens with one attached hydrogen (secondary N) is 1. The summed E-state index contributed by atoms with van der Waals surface area (Å²) in [6.07, 6.45) is 3.58. The van der Waals surface area contributed by atoms with Gasteiger partial charge in [0.2, 0.25) is 0 Å². The van der Waals surface area contributed by atoms with Gasteiger partial charge in [-0.05, 0) is 49.9 Å². The Morgan fingerprint density at radius 2 is 1.91 bits per heavy atom. The third-order valence-electron chi connectivity index (χ3n) is 4.34. The number of carbonyl (C=O) groups is 2. The summed E-state index contributed by atoms with van der Waals surface area (Å²) in [5.41, 5.74) is 0.799. The van der Waals surface area contributed by atoms with Crippen LogP contribution in [-0.4, -0.2) is 24.0 Å². The molecule has 0 aliphatic heterocycles. The molecule has 3 atom stereocenters. The van der Waals surface area contributed by atoms with Crippen LogP contribution in [0.15, 0.2) is 24.3 Å². The van der Waals surface area contributed by atoms with Crippen LogP contribution in [0.5, 0.6) is 0 Å². The summed E-state index contributed by atoms with van der Waals surface area (Å²) >= 11 is 0. The summed E-state index contributed by atoms with van der Waals surface area (Å²) in [6.45, 7) is 3.71. The molecule has 0 spiro atoms. The minimum absolute atomic E-state index is 0.160. The molecule has 1 saturated carbocycles. The van der Waals surface area contributed by atoms with Crippen molar-refractivity contribution in [3.05, 3.63) is 35.4 Å². The highest BCUT2D eigenvalue weighted by atomic mass is 16.5. The number of amides is 1. The fraction of sp³-hybridized carbons (Fsp3) is 0.500. The van der Waals surface area contributed by atoms with Crippen molar-refractivity contribution < 1.29 is 14.3 Å². The van der Waals surface area contributed by atoms with Crippen molar-refractivity contribution in [1.29, 1.82) is 5.26 Å². The largest absolute Gasteiger partial charge is 0.449 e. The molecule has 5 nitrogen and oxygen atoms in total. The number of nitrogens with zero attached hydrogens (tertiary/aromatic N) is 1. The first-order valence-corrected chi connectivity index (χ1v) is 8.02. The predicted molar refractivity (Wildman–Crippen MR) is 85.6 cm³/mol. The molecule has 1 amide bonds. The van der Waals surface area contributed by atoms with Gasteiger partial charge < -0.3 is 10.1 Å². The Morgan fingerprint density at radius 1 is 1.26 bits per heavy atom. The van der Waals surface area contributed by atoms with Crippen LogP contribution in [-0.2, 0) is 9.53 Å². The molecule has 1 N–H and O–H groups in total. The number of benzene rings is 1. The number of rotatable bonds is 4. The summed E-state index contributed by atoms with van der Waals surface area (Å²) in [5, 5.41) is 11.7. The Balaban J connectivity index is 1.89. The number of carbonyl (C=O) groups excluding carboxylic acids is 2. The van der Waals surface area contributed by atoms with E-state index in [1.807, 2.05) is 6.07 Å². The average molecular weight is 314 g/mol.